The van der Waals surface area contributed by atoms with Crippen LogP contribution in [0.3, 0.4) is 0 Å². The maximum Gasteiger partial charge on any atom is 0.407 e. The van der Waals surface area contributed by atoms with E-state index >= 15 is 0 Å². The molecule has 1 aliphatic heterocycles. The van der Waals surface area contributed by atoms with E-state index in [1.54, 1.807) is 6.07 Å². The van der Waals surface area contributed by atoms with Crippen molar-refractivity contribution in [1.82, 2.24) is 9.80 Å². The maximum atomic E-state index is 12.4. The third-order valence-electron chi connectivity index (χ3n) is 3.74. The number of alkyl halides is 2. The van der Waals surface area contributed by atoms with Crippen LogP contribution in [0.4, 0.5) is 13.6 Å². The maximum absolute atomic E-state index is 12.4. The Bertz CT molecular complexity index is 596. The van der Waals surface area contributed by atoms with Gasteiger partial charge in [-0.1, -0.05) is 6.07 Å². The van der Waals surface area contributed by atoms with Crippen molar-refractivity contribution in [2.75, 3.05) is 32.7 Å². The Balaban J connectivity index is 1.91. The summed E-state index contributed by atoms with van der Waals surface area (Å²) in [7, 11) is 0. The van der Waals surface area contributed by atoms with Crippen molar-refractivity contribution < 1.29 is 23.4 Å². The van der Waals surface area contributed by atoms with Gasteiger partial charge in [-0.3, -0.25) is 4.90 Å². The molecule has 0 atom stereocenters. The summed E-state index contributed by atoms with van der Waals surface area (Å²) < 4.78 is 29.1. The highest BCUT2D eigenvalue weighted by Gasteiger charge is 2.20. The number of rotatable bonds is 5. The first-order valence-electron chi connectivity index (χ1n) is 7.17. The summed E-state index contributed by atoms with van der Waals surface area (Å²) in [6.45, 7) is -0.0777. The first-order valence-corrected chi connectivity index (χ1v) is 7.17. The second-order valence-corrected chi connectivity index (χ2v) is 5.18. The fourth-order valence-electron chi connectivity index (χ4n) is 2.46. The van der Waals surface area contributed by atoms with Crippen molar-refractivity contribution in [3.63, 3.8) is 0 Å². The highest BCUT2D eigenvalue weighted by atomic mass is 19.3. The number of hydrogen-bond acceptors (Lipinski definition) is 4. The van der Waals surface area contributed by atoms with E-state index in [0.717, 1.165) is 5.56 Å². The molecule has 0 unspecified atom stereocenters. The van der Waals surface area contributed by atoms with Crippen LogP contribution >= 0.6 is 0 Å². The van der Waals surface area contributed by atoms with Gasteiger partial charge in [-0.05, 0) is 24.1 Å². The number of hydrogen-bond donors (Lipinski definition) is 1. The van der Waals surface area contributed by atoms with Crippen LogP contribution < -0.4 is 4.74 Å². The molecule has 8 heteroatoms. The molecular formula is C15H17F2N3O3. The van der Waals surface area contributed by atoms with E-state index in [1.165, 1.54) is 17.0 Å². The highest BCUT2D eigenvalue weighted by molar-refractivity contribution is 5.65. The molecule has 0 saturated carbocycles. The molecule has 0 bridgehead atoms. The van der Waals surface area contributed by atoms with Crippen molar-refractivity contribution in [2.24, 2.45) is 0 Å². The Morgan fingerprint density at radius 1 is 1.35 bits per heavy atom. The molecule has 6 nitrogen and oxygen atoms in total. The number of ether oxygens (including phenoxy) is 1. The summed E-state index contributed by atoms with van der Waals surface area (Å²) in [5.74, 6) is -0.115. The van der Waals surface area contributed by atoms with Crippen LogP contribution in [0.2, 0.25) is 0 Å². The molecule has 0 radical (unpaired) electrons. The Morgan fingerprint density at radius 2 is 2.04 bits per heavy atom. The molecule has 1 fully saturated rings. The minimum Gasteiger partial charge on any atom is -0.465 e. The van der Waals surface area contributed by atoms with Gasteiger partial charge in [-0.15, -0.1) is 0 Å². The second-order valence-electron chi connectivity index (χ2n) is 5.18. The predicted octanol–water partition coefficient (Wildman–Crippen LogP) is 2.00. The number of halogens is 2. The molecule has 1 aromatic rings. The Morgan fingerprint density at radius 3 is 2.61 bits per heavy atom. The Labute approximate surface area is 132 Å². The molecule has 0 spiro atoms. The van der Waals surface area contributed by atoms with Crippen molar-refractivity contribution in [3.8, 4) is 11.8 Å². The Hall–Kier alpha value is -2.40. The fraction of sp³-hybridized carbons (Fsp3) is 0.467. The minimum absolute atomic E-state index is 0.0733. The summed E-state index contributed by atoms with van der Waals surface area (Å²) in [4.78, 5) is 14.3. The molecule has 0 aromatic heterocycles. The van der Waals surface area contributed by atoms with Crippen molar-refractivity contribution >= 4 is 6.09 Å². The quantitative estimate of drug-likeness (QED) is 0.896. The van der Waals surface area contributed by atoms with E-state index < -0.39 is 12.7 Å². The second kappa shape index (κ2) is 7.74. The predicted molar refractivity (Wildman–Crippen MR) is 77.5 cm³/mol. The SMILES string of the molecule is N#Cc1ccc(CCN2CCN(C(=O)O)CC2)cc1OC(F)F. The van der Waals surface area contributed by atoms with Crippen LogP contribution in [-0.2, 0) is 6.42 Å². The van der Waals surface area contributed by atoms with Gasteiger partial charge in [-0.2, -0.15) is 14.0 Å². The van der Waals surface area contributed by atoms with Gasteiger partial charge in [0.15, 0.2) is 0 Å². The zero-order valence-electron chi connectivity index (χ0n) is 12.4. The summed E-state index contributed by atoms with van der Waals surface area (Å²) in [6, 6.07) is 6.46. The van der Waals surface area contributed by atoms with Crippen molar-refractivity contribution in [1.29, 1.82) is 5.26 Å². The lowest BCUT2D eigenvalue weighted by atomic mass is 10.1. The summed E-state index contributed by atoms with van der Waals surface area (Å²) in [6.07, 6.45) is -0.302. The highest BCUT2D eigenvalue weighted by Crippen LogP contribution is 2.22. The normalized spacial score (nSPS) is 15.5. The smallest absolute Gasteiger partial charge is 0.407 e. The molecule has 1 N–H and O–H groups in total. The number of nitrogens with zero attached hydrogens (tertiary/aromatic N) is 3. The van der Waals surface area contributed by atoms with Gasteiger partial charge in [0, 0.05) is 32.7 Å². The summed E-state index contributed by atoms with van der Waals surface area (Å²) in [5.41, 5.74) is 0.865. The zero-order valence-corrected chi connectivity index (χ0v) is 12.4. The Kier molecular flexibility index (Phi) is 5.71. The van der Waals surface area contributed by atoms with Crippen LogP contribution in [-0.4, -0.2) is 60.3 Å². The topological polar surface area (TPSA) is 76.8 Å². The molecule has 1 heterocycles. The number of carbonyl (C=O) groups is 1. The largest absolute Gasteiger partial charge is 0.465 e. The number of carboxylic acid groups (broad SMARTS) is 1. The van der Waals surface area contributed by atoms with Crippen LogP contribution in [0.15, 0.2) is 18.2 Å². The van der Waals surface area contributed by atoms with E-state index in [2.05, 4.69) is 9.64 Å². The monoisotopic (exact) mass is 325 g/mol. The van der Waals surface area contributed by atoms with Gasteiger partial charge in [0.05, 0.1) is 5.56 Å². The molecule has 0 aliphatic carbocycles. The molecular weight excluding hydrogens is 308 g/mol. The molecule has 1 aromatic carbocycles. The van der Waals surface area contributed by atoms with Gasteiger partial charge in [-0.25, -0.2) is 4.79 Å². The average Bonchev–Trinajstić information content (AvgIpc) is 2.53. The number of amides is 1. The van der Waals surface area contributed by atoms with Crippen LogP contribution in [0.5, 0.6) is 5.75 Å². The van der Waals surface area contributed by atoms with Crippen LogP contribution in [0.25, 0.3) is 0 Å². The van der Waals surface area contributed by atoms with Gasteiger partial charge in [0.2, 0.25) is 0 Å². The number of nitriles is 1. The van der Waals surface area contributed by atoms with Crippen LogP contribution in [0, 0.1) is 11.3 Å². The molecule has 1 aliphatic rings. The standard InChI is InChI=1S/C15H17F2N3O3/c16-14(17)23-13-9-11(1-2-12(13)10-18)3-4-19-5-7-20(8-6-19)15(21)22/h1-2,9,14H,3-8H2,(H,21,22). The average molecular weight is 325 g/mol. The van der Waals surface area contributed by atoms with Crippen LogP contribution in [0.1, 0.15) is 11.1 Å². The van der Waals surface area contributed by atoms with E-state index in [0.29, 0.717) is 39.1 Å². The number of piperazine rings is 1. The molecule has 1 amide bonds. The minimum atomic E-state index is -2.97. The molecule has 23 heavy (non-hydrogen) atoms. The van der Waals surface area contributed by atoms with Gasteiger partial charge in [0.1, 0.15) is 11.8 Å². The van der Waals surface area contributed by atoms with Gasteiger partial charge < -0.3 is 14.7 Å². The summed E-state index contributed by atoms with van der Waals surface area (Å²) >= 11 is 0. The summed E-state index contributed by atoms with van der Waals surface area (Å²) in [5, 5.41) is 17.8. The first kappa shape index (κ1) is 17.0. The van der Waals surface area contributed by atoms with Gasteiger partial charge >= 0.3 is 12.7 Å². The fourth-order valence-corrected chi connectivity index (χ4v) is 2.46. The lowest BCUT2D eigenvalue weighted by molar-refractivity contribution is -0.0500. The lowest BCUT2D eigenvalue weighted by Crippen LogP contribution is -2.48. The molecule has 1 saturated heterocycles. The van der Waals surface area contributed by atoms with E-state index in [1.807, 2.05) is 6.07 Å². The first-order chi connectivity index (χ1) is 11.0. The van der Waals surface area contributed by atoms with E-state index in [4.69, 9.17) is 10.4 Å². The van der Waals surface area contributed by atoms with Crippen molar-refractivity contribution in [2.45, 2.75) is 13.0 Å². The molecule has 124 valence electrons. The number of benzene rings is 1. The van der Waals surface area contributed by atoms with E-state index in [-0.39, 0.29) is 11.3 Å². The van der Waals surface area contributed by atoms with Gasteiger partial charge in [0.25, 0.3) is 0 Å². The van der Waals surface area contributed by atoms with Crippen molar-refractivity contribution in [3.05, 3.63) is 29.3 Å². The van der Waals surface area contributed by atoms with E-state index in [9.17, 15) is 13.6 Å². The zero-order chi connectivity index (χ0) is 16.8. The lowest BCUT2D eigenvalue weighted by Gasteiger charge is -2.33. The third-order valence-corrected chi connectivity index (χ3v) is 3.74. The third kappa shape index (κ3) is 4.79. The molecule has 2 rings (SSSR count).